The lowest BCUT2D eigenvalue weighted by Gasteiger charge is -2.28. The van der Waals surface area contributed by atoms with Gasteiger partial charge in [0.25, 0.3) is 0 Å². The van der Waals surface area contributed by atoms with Crippen LogP contribution in [-0.4, -0.2) is 13.6 Å². The summed E-state index contributed by atoms with van der Waals surface area (Å²) in [5.41, 5.74) is 8.24. The fraction of sp³-hybridized carbons (Fsp3) is 0.571. The molecule has 0 saturated carbocycles. The quantitative estimate of drug-likeness (QED) is 0.888. The first-order valence-corrected chi connectivity index (χ1v) is 6.34. The van der Waals surface area contributed by atoms with E-state index in [0.717, 1.165) is 22.8 Å². The maximum absolute atomic E-state index is 6.23. The highest BCUT2D eigenvalue weighted by molar-refractivity contribution is 6.31. The van der Waals surface area contributed by atoms with E-state index in [4.69, 9.17) is 17.3 Å². The molecule has 0 bridgehead atoms. The first-order chi connectivity index (χ1) is 7.70. The zero-order chi connectivity index (χ0) is 13.2. The van der Waals surface area contributed by atoms with Crippen LogP contribution in [0.5, 0.6) is 0 Å². The molecule has 1 rings (SSSR count). The standard InChI is InChI=1S/C14H23ClN2/c1-10(16)12-7-6-11(8-13(12)15)17(5)9-14(2,3)4/h6-8,10H,9,16H2,1-5H3. The van der Waals surface area contributed by atoms with Gasteiger partial charge in [-0.3, -0.25) is 0 Å². The van der Waals surface area contributed by atoms with Crippen molar-refractivity contribution in [3.05, 3.63) is 28.8 Å². The van der Waals surface area contributed by atoms with Gasteiger partial charge in [0.2, 0.25) is 0 Å². The maximum Gasteiger partial charge on any atom is 0.0474 e. The molecule has 0 aliphatic heterocycles. The third kappa shape index (κ3) is 4.21. The highest BCUT2D eigenvalue weighted by atomic mass is 35.5. The number of halogens is 1. The summed E-state index contributed by atoms with van der Waals surface area (Å²) in [6.45, 7) is 9.60. The van der Waals surface area contributed by atoms with Crippen LogP contribution >= 0.6 is 11.6 Å². The lowest BCUT2D eigenvalue weighted by atomic mass is 9.96. The van der Waals surface area contributed by atoms with Gasteiger partial charge in [-0.05, 0) is 30.0 Å². The van der Waals surface area contributed by atoms with Crippen LogP contribution in [0.3, 0.4) is 0 Å². The second-order valence-corrected chi connectivity index (χ2v) is 6.32. The molecule has 2 N–H and O–H groups in total. The van der Waals surface area contributed by atoms with Crippen molar-refractivity contribution in [3.63, 3.8) is 0 Å². The number of anilines is 1. The van der Waals surface area contributed by atoms with Gasteiger partial charge < -0.3 is 10.6 Å². The van der Waals surface area contributed by atoms with Gasteiger partial charge in [0.15, 0.2) is 0 Å². The van der Waals surface area contributed by atoms with E-state index in [-0.39, 0.29) is 11.5 Å². The summed E-state index contributed by atoms with van der Waals surface area (Å²) in [6.07, 6.45) is 0. The normalized spacial score (nSPS) is 13.6. The molecule has 2 nitrogen and oxygen atoms in total. The summed E-state index contributed by atoms with van der Waals surface area (Å²) < 4.78 is 0. The lowest BCUT2D eigenvalue weighted by Crippen LogP contribution is -2.29. The molecule has 1 atom stereocenters. The summed E-state index contributed by atoms with van der Waals surface area (Å²) in [6, 6.07) is 6.06. The molecular weight excluding hydrogens is 232 g/mol. The van der Waals surface area contributed by atoms with Crippen LogP contribution in [0.25, 0.3) is 0 Å². The van der Waals surface area contributed by atoms with Crippen molar-refractivity contribution in [2.24, 2.45) is 11.1 Å². The minimum Gasteiger partial charge on any atom is -0.374 e. The molecule has 96 valence electrons. The Bertz CT molecular complexity index is 380. The Hall–Kier alpha value is -0.730. The fourth-order valence-corrected chi connectivity index (χ4v) is 2.27. The molecule has 1 aromatic carbocycles. The minimum absolute atomic E-state index is 0.0236. The Morgan fingerprint density at radius 3 is 2.35 bits per heavy atom. The Morgan fingerprint density at radius 1 is 1.35 bits per heavy atom. The largest absolute Gasteiger partial charge is 0.374 e. The van der Waals surface area contributed by atoms with Crippen LogP contribution in [0.15, 0.2) is 18.2 Å². The Balaban J connectivity index is 2.90. The summed E-state index contributed by atoms with van der Waals surface area (Å²) in [5, 5.41) is 0.748. The van der Waals surface area contributed by atoms with Gasteiger partial charge in [-0.2, -0.15) is 0 Å². The molecular formula is C14H23ClN2. The van der Waals surface area contributed by atoms with E-state index in [1.165, 1.54) is 0 Å². The molecule has 17 heavy (non-hydrogen) atoms. The van der Waals surface area contributed by atoms with Gasteiger partial charge in [0, 0.05) is 30.3 Å². The molecule has 0 aliphatic carbocycles. The predicted molar refractivity (Wildman–Crippen MR) is 76.8 cm³/mol. The SMILES string of the molecule is CC(N)c1ccc(N(C)CC(C)(C)C)cc1Cl. The third-order valence-electron chi connectivity index (χ3n) is 2.63. The predicted octanol–water partition coefficient (Wildman–Crippen LogP) is 3.84. The highest BCUT2D eigenvalue weighted by Gasteiger charge is 2.15. The van der Waals surface area contributed by atoms with Crippen molar-refractivity contribution in [2.45, 2.75) is 33.7 Å². The van der Waals surface area contributed by atoms with E-state index < -0.39 is 0 Å². The molecule has 1 aromatic rings. The second kappa shape index (κ2) is 5.28. The number of nitrogens with zero attached hydrogens (tertiary/aromatic N) is 1. The summed E-state index contributed by atoms with van der Waals surface area (Å²) in [4.78, 5) is 2.22. The Morgan fingerprint density at radius 2 is 1.94 bits per heavy atom. The van der Waals surface area contributed by atoms with Crippen molar-refractivity contribution in [2.75, 3.05) is 18.5 Å². The topological polar surface area (TPSA) is 29.3 Å². The first-order valence-electron chi connectivity index (χ1n) is 5.97. The van der Waals surface area contributed by atoms with Gasteiger partial charge >= 0.3 is 0 Å². The maximum atomic E-state index is 6.23. The van der Waals surface area contributed by atoms with Gasteiger partial charge in [0.05, 0.1) is 0 Å². The van der Waals surface area contributed by atoms with E-state index in [1.807, 2.05) is 19.1 Å². The average Bonchev–Trinajstić information content (AvgIpc) is 2.14. The number of hydrogen-bond donors (Lipinski definition) is 1. The van der Waals surface area contributed by atoms with Gasteiger partial charge in [-0.25, -0.2) is 0 Å². The van der Waals surface area contributed by atoms with Crippen molar-refractivity contribution in [1.29, 1.82) is 0 Å². The Labute approximate surface area is 110 Å². The van der Waals surface area contributed by atoms with Crippen molar-refractivity contribution in [3.8, 4) is 0 Å². The lowest BCUT2D eigenvalue weighted by molar-refractivity contribution is 0.419. The van der Waals surface area contributed by atoms with E-state index in [2.05, 4.69) is 38.8 Å². The molecule has 0 spiro atoms. The molecule has 0 aromatic heterocycles. The molecule has 0 heterocycles. The summed E-state index contributed by atoms with van der Waals surface area (Å²) >= 11 is 6.23. The van der Waals surface area contributed by atoms with Crippen LogP contribution in [0.2, 0.25) is 5.02 Å². The van der Waals surface area contributed by atoms with Gasteiger partial charge in [-0.1, -0.05) is 38.4 Å². The number of benzene rings is 1. The molecule has 0 radical (unpaired) electrons. The van der Waals surface area contributed by atoms with E-state index in [9.17, 15) is 0 Å². The Kier molecular flexibility index (Phi) is 4.45. The molecule has 0 aliphatic rings. The van der Waals surface area contributed by atoms with Gasteiger partial charge in [-0.15, -0.1) is 0 Å². The molecule has 0 saturated heterocycles. The molecule has 0 amide bonds. The highest BCUT2D eigenvalue weighted by Crippen LogP contribution is 2.28. The zero-order valence-electron chi connectivity index (χ0n) is 11.4. The fourth-order valence-electron chi connectivity index (χ4n) is 1.93. The monoisotopic (exact) mass is 254 g/mol. The summed E-state index contributed by atoms with van der Waals surface area (Å²) in [5.74, 6) is 0. The zero-order valence-corrected chi connectivity index (χ0v) is 12.2. The van der Waals surface area contributed by atoms with E-state index in [1.54, 1.807) is 0 Å². The van der Waals surface area contributed by atoms with E-state index >= 15 is 0 Å². The number of rotatable bonds is 3. The molecule has 0 fully saturated rings. The van der Waals surface area contributed by atoms with Crippen LogP contribution < -0.4 is 10.6 Å². The van der Waals surface area contributed by atoms with Crippen LogP contribution in [0, 0.1) is 5.41 Å². The first kappa shape index (κ1) is 14.3. The number of nitrogens with two attached hydrogens (primary N) is 1. The molecule has 3 heteroatoms. The van der Waals surface area contributed by atoms with Crippen molar-refractivity contribution < 1.29 is 0 Å². The molecule has 1 unspecified atom stereocenters. The summed E-state index contributed by atoms with van der Waals surface area (Å²) in [7, 11) is 2.09. The van der Waals surface area contributed by atoms with Crippen LogP contribution in [-0.2, 0) is 0 Å². The number of hydrogen-bond acceptors (Lipinski definition) is 2. The van der Waals surface area contributed by atoms with Crippen molar-refractivity contribution in [1.82, 2.24) is 0 Å². The van der Waals surface area contributed by atoms with Crippen LogP contribution in [0.4, 0.5) is 5.69 Å². The smallest absolute Gasteiger partial charge is 0.0474 e. The van der Waals surface area contributed by atoms with Crippen molar-refractivity contribution >= 4 is 17.3 Å². The minimum atomic E-state index is -0.0236. The van der Waals surface area contributed by atoms with Crippen LogP contribution in [0.1, 0.15) is 39.3 Å². The average molecular weight is 255 g/mol. The second-order valence-electron chi connectivity index (χ2n) is 5.91. The third-order valence-corrected chi connectivity index (χ3v) is 2.95. The van der Waals surface area contributed by atoms with Gasteiger partial charge in [0.1, 0.15) is 0 Å². The van der Waals surface area contributed by atoms with E-state index in [0.29, 0.717) is 0 Å².